The Morgan fingerprint density at radius 3 is 2.51 bits per heavy atom. The van der Waals surface area contributed by atoms with Crippen molar-refractivity contribution in [3.63, 3.8) is 0 Å². The smallest absolute Gasteiger partial charge is 0.266 e. The number of aliphatic hydroxyl groups is 1. The molecule has 0 spiro atoms. The van der Waals surface area contributed by atoms with Gasteiger partial charge >= 0.3 is 0 Å². The summed E-state index contributed by atoms with van der Waals surface area (Å²) in [4.78, 5) is 19.2. The molecule has 0 unspecified atom stereocenters. The highest BCUT2D eigenvalue weighted by atomic mass is 32.2. The SMILES string of the molecule is COc1cccc([C@@H]2OC(c3ccc(OCCCO)cc3)=N[C@]2(CCS(=O)(=O)c2ccccc2)C(=O)NNCC2CC2)c1. The zero-order chi connectivity index (χ0) is 30.3. The van der Waals surface area contributed by atoms with Crippen molar-refractivity contribution < 1.29 is 32.5 Å². The number of carbonyl (C=O) groups is 1. The average molecular weight is 608 g/mol. The highest BCUT2D eigenvalue weighted by Gasteiger charge is 2.54. The molecule has 11 heteroatoms. The van der Waals surface area contributed by atoms with Crippen LogP contribution in [0.4, 0.5) is 0 Å². The summed E-state index contributed by atoms with van der Waals surface area (Å²) < 4.78 is 44.4. The minimum absolute atomic E-state index is 0.0358. The Morgan fingerprint density at radius 2 is 1.81 bits per heavy atom. The fraction of sp³-hybridized carbons (Fsp3) is 0.375. The fourth-order valence-electron chi connectivity index (χ4n) is 4.92. The standard InChI is InChI=1S/C32H37N3O7S/c1-40-27-8-5-7-25(21-27)29-32(31(37)35-33-22-23-11-12-23,17-20-43(38,39)28-9-3-2-4-10-28)34-30(42-29)24-13-15-26(16-14-24)41-19-6-18-36/h2-5,7-10,13-16,21,23,29,33,36H,6,11-12,17-20,22H2,1H3,(H,35,37)/t29-,32-/m0/s1. The number of aliphatic hydroxyl groups excluding tert-OH is 1. The second-order valence-corrected chi connectivity index (χ2v) is 12.8. The van der Waals surface area contributed by atoms with Crippen molar-refractivity contribution in [2.24, 2.45) is 10.9 Å². The van der Waals surface area contributed by atoms with Crippen LogP contribution < -0.4 is 20.3 Å². The number of nitrogens with zero attached hydrogens (tertiary/aromatic N) is 1. The second-order valence-electron chi connectivity index (χ2n) is 10.7. The Labute approximate surface area is 252 Å². The Hall–Kier alpha value is -3.93. The summed E-state index contributed by atoms with van der Waals surface area (Å²) in [6.45, 7) is 1.02. The van der Waals surface area contributed by atoms with E-state index in [0.29, 0.717) is 48.1 Å². The van der Waals surface area contributed by atoms with Gasteiger partial charge < -0.3 is 19.3 Å². The summed E-state index contributed by atoms with van der Waals surface area (Å²) in [6, 6.07) is 22.4. The van der Waals surface area contributed by atoms with Gasteiger partial charge in [0.05, 0.1) is 24.4 Å². The number of methoxy groups -OCH3 is 1. The van der Waals surface area contributed by atoms with Crippen LogP contribution in [0.2, 0.25) is 0 Å². The van der Waals surface area contributed by atoms with Crippen molar-refractivity contribution in [2.75, 3.05) is 32.6 Å². The number of sulfone groups is 1. The maximum atomic E-state index is 14.1. The summed E-state index contributed by atoms with van der Waals surface area (Å²) in [7, 11) is -2.19. The van der Waals surface area contributed by atoms with Crippen LogP contribution in [0.15, 0.2) is 88.8 Å². The lowest BCUT2D eigenvalue weighted by molar-refractivity contribution is -0.130. The second kappa shape index (κ2) is 13.6. The van der Waals surface area contributed by atoms with Crippen LogP contribution in [0.25, 0.3) is 0 Å². The number of amides is 1. The number of rotatable bonds is 15. The van der Waals surface area contributed by atoms with Gasteiger partial charge in [0.1, 0.15) is 11.5 Å². The van der Waals surface area contributed by atoms with Gasteiger partial charge in [-0.15, -0.1) is 0 Å². The minimum Gasteiger partial charge on any atom is -0.497 e. The summed E-state index contributed by atoms with van der Waals surface area (Å²) in [6.07, 6.45) is 1.64. The molecule has 0 radical (unpaired) electrons. The molecule has 3 N–H and O–H groups in total. The highest BCUT2D eigenvalue weighted by Crippen LogP contribution is 2.43. The Balaban J connectivity index is 1.52. The molecule has 1 aliphatic carbocycles. The predicted molar refractivity (Wildman–Crippen MR) is 162 cm³/mol. The van der Waals surface area contributed by atoms with E-state index in [4.69, 9.17) is 24.3 Å². The van der Waals surface area contributed by atoms with Crippen molar-refractivity contribution in [1.29, 1.82) is 0 Å². The molecule has 10 nitrogen and oxygen atoms in total. The van der Waals surface area contributed by atoms with Gasteiger partial charge in [0, 0.05) is 31.6 Å². The first-order chi connectivity index (χ1) is 20.8. The quantitative estimate of drug-likeness (QED) is 0.176. The molecule has 43 heavy (non-hydrogen) atoms. The van der Waals surface area contributed by atoms with Crippen LogP contribution in [0.5, 0.6) is 11.5 Å². The number of benzene rings is 3. The van der Waals surface area contributed by atoms with Gasteiger partial charge in [-0.1, -0.05) is 30.3 Å². The first-order valence-electron chi connectivity index (χ1n) is 14.4. The lowest BCUT2D eigenvalue weighted by atomic mass is 9.85. The number of hydrogen-bond donors (Lipinski definition) is 3. The molecule has 228 valence electrons. The normalized spacial score (nSPS) is 19.8. The maximum Gasteiger partial charge on any atom is 0.266 e. The van der Waals surface area contributed by atoms with E-state index in [-0.39, 0.29) is 29.6 Å². The van der Waals surface area contributed by atoms with E-state index in [1.54, 1.807) is 79.9 Å². The van der Waals surface area contributed by atoms with E-state index in [0.717, 1.165) is 12.8 Å². The van der Waals surface area contributed by atoms with E-state index in [9.17, 15) is 13.2 Å². The average Bonchev–Trinajstić information content (AvgIpc) is 3.78. The van der Waals surface area contributed by atoms with E-state index in [1.165, 1.54) is 0 Å². The number of carbonyl (C=O) groups excluding carboxylic acids is 1. The molecular weight excluding hydrogens is 570 g/mol. The number of nitrogens with one attached hydrogen (secondary N) is 2. The van der Waals surface area contributed by atoms with Crippen LogP contribution in [0.1, 0.15) is 42.9 Å². The van der Waals surface area contributed by atoms with Crippen molar-refractivity contribution in [3.05, 3.63) is 90.0 Å². The molecule has 2 atom stereocenters. The molecule has 3 aromatic carbocycles. The molecular formula is C32H37N3O7S. The third-order valence-corrected chi connectivity index (χ3v) is 9.30. The first kappa shape index (κ1) is 30.5. The molecule has 0 saturated heterocycles. The lowest BCUT2D eigenvalue weighted by Crippen LogP contribution is -2.53. The van der Waals surface area contributed by atoms with E-state index in [2.05, 4.69) is 10.9 Å². The first-order valence-corrected chi connectivity index (χ1v) is 16.1. The molecule has 1 aliphatic heterocycles. The van der Waals surface area contributed by atoms with Gasteiger partial charge in [-0.25, -0.2) is 18.8 Å². The Bertz CT molecular complexity index is 1530. The third kappa shape index (κ3) is 7.35. The van der Waals surface area contributed by atoms with Crippen LogP contribution in [0.3, 0.4) is 0 Å². The lowest BCUT2D eigenvalue weighted by Gasteiger charge is -2.30. The molecule has 5 rings (SSSR count). The number of hydrogen-bond acceptors (Lipinski definition) is 9. The van der Waals surface area contributed by atoms with Gasteiger partial charge in [-0.3, -0.25) is 10.2 Å². The van der Waals surface area contributed by atoms with Crippen molar-refractivity contribution in [3.8, 4) is 11.5 Å². The number of aliphatic imine (C=N–C) groups is 1. The van der Waals surface area contributed by atoms with Crippen LogP contribution in [-0.2, 0) is 19.4 Å². The highest BCUT2D eigenvalue weighted by molar-refractivity contribution is 7.91. The summed E-state index contributed by atoms with van der Waals surface area (Å²) >= 11 is 0. The molecule has 1 fully saturated rings. The van der Waals surface area contributed by atoms with Crippen LogP contribution in [0, 0.1) is 5.92 Å². The van der Waals surface area contributed by atoms with Crippen molar-refractivity contribution >= 4 is 21.6 Å². The largest absolute Gasteiger partial charge is 0.497 e. The molecule has 1 heterocycles. The third-order valence-electron chi connectivity index (χ3n) is 7.57. The fourth-order valence-corrected chi connectivity index (χ4v) is 6.30. The monoisotopic (exact) mass is 607 g/mol. The molecule has 3 aromatic rings. The molecule has 0 bridgehead atoms. The zero-order valence-corrected chi connectivity index (χ0v) is 24.9. The predicted octanol–water partition coefficient (Wildman–Crippen LogP) is 3.61. The zero-order valence-electron chi connectivity index (χ0n) is 24.1. The van der Waals surface area contributed by atoms with Crippen molar-refractivity contribution in [2.45, 2.75) is 42.2 Å². The van der Waals surface area contributed by atoms with Gasteiger partial charge in [0.2, 0.25) is 5.90 Å². The van der Waals surface area contributed by atoms with Gasteiger partial charge in [0.25, 0.3) is 5.91 Å². The topological polar surface area (TPSA) is 136 Å². The van der Waals surface area contributed by atoms with E-state index < -0.39 is 27.4 Å². The summed E-state index contributed by atoms with van der Waals surface area (Å²) in [5.41, 5.74) is 5.45. The van der Waals surface area contributed by atoms with Crippen LogP contribution in [-0.4, -0.2) is 63.5 Å². The van der Waals surface area contributed by atoms with E-state index in [1.807, 2.05) is 6.07 Å². The van der Waals surface area contributed by atoms with Gasteiger partial charge in [-0.2, -0.15) is 0 Å². The van der Waals surface area contributed by atoms with Crippen LogP contribution >= 0.6 is 0 Å². The molecule has 1 saturated carbocycles. The summed E-state index contributed by atoms with van der Waals surface area (Å²) in [5.74, 6) is 1.08. The molecule has 2 aliphatic rings. The number of hydrazine groups is 1. The van der Waals surface area contributed by atoms with Gasteiger partial charge in [-0.05, 0) is 72.9 Å². The Morgan fingerprint density at radius 1 is 1.05 bits per heavy atom. The summed E-state index contributed by atoms with van der Waals surface area (Å²) in [5, 5.41) is 9.03. The molecule has 0 aromatic heterocycles. The van der Waals surface area contributed by atoms with Crippen molar-refractivity contribution in [1.82, 2.24) is 10.9 Å². The maximum absolute atomic E-state index is 14.1. The van der Waals surface area contributed by atoms with E-state index >= 15 is 0 Å². The number of ether oxygens (including phenoxy) is 3. The van der Waals surface area contributed by atoms with Gasteiger partial charge in [0.15, 0.2) is 21.5 Å². The Kier molecular flexibility index (Phi) is 9.64. The minimum atomic E-state index is -3.74. The molecule has 1 amide bonds.